The average molecular weight is 454 g/mol. The van der Waals surface area contributed by atoms with Gasteiger partial charge in [-0.15, -0.1) is 0 Å². The summed E-state index contributed by atoms with van der Waals surface area (Å²) in [6.07, 6.45) is 11.7. The molecule has 0 saturated heterocycles. The van der Waals surface area contributed by atoms with Crippen molar-refractivity contribution < 1.29 is 18.3 Å². The Morgan fingerprint density at radius 2 is 2.04 bits per heavy atom. The molecule has 0 spiro atoms. The van der Waals surface area contributed by atoms with E-state index in [0.717, 1.165) is 17.3 Å². The molecule has 1 saturated carbocycles. The van der Waals surface area contributed by atoms with Crippen molar-refractivity contribution in [2.75, 3.05) is 6.54 Å². The molecule has 0 radical (unpaired) electrons. The van der Waals surface area contributed by atoms with Gasteiger partial charge in [0.1, 0.15) is 5.75 Å². The third-order valence-electron chi connectivity index (χ3n) is 5.23. The van der Waals surface area contributed by atoms with Crippen LogP contribution in [0.15, 0.2) is 53.0 Å². The molecule has 2 aliphatic rings. The second-order valence-corrected chi connectivity index (χ2v) is 8.86. The topological polar surface area (TPSA) is 75.6 Å². The van der Waals surface area contributed by atoms with E-state index in [4.69, 9.17) is 9.29 Å². The molecule has 1 aromatic rings. The van der Waals surface area contributed by atoms with E-state index in [1.54, 1.807) is 12.1 Å². The number of fused-ring (bicyclic) bond motifs is 2. The van der Waals surface area contributed by atoms with Gasteiger partial charge in [0.25, 0.3) is 11.3 Å². The molecule has 2 bridgehead atoms. The summed E-state index contributed by atoms with van der Waals surface area (Å²) in [6, 6.07) is 7.23. The molecule has 0 amide bonds. The van der Waals surface area contributed by atoms with E-state index in [2.05, 4.69) is 45.0 Å². The van der Waals surface area contributed by atoms with Crippen molar-refractivity contribution in [3.63, 3.8) is 0 Å². The Kier molecular flexibility index (Phi) is 7.26. The number of halogens is 1. The highest BCUT2D eigenvalue weighted by Crippen LogP contribution is 2.48. The summed E-state index contributed by atoms with van der Waals surface area (Å²) < 4.78 is 21.6. The Morgan fingerprint density at radius 1 is 1.30 bits per heavy atom. The fourth-order valence-corrected chi connectivity index (χ4v) is 4.87. The predicted octanol–water partition coefficient (Wildman–Crippen LogP) is 4.25. The van der Waals surface area contributed by atoms with Crippen LogP contribution in [0.25, 0.3) is 0 Å². The summed E-state index contributed by atoms with van der Waals surface area (Å²) in [7, 11) is 0. The fraction of sp³-hybridized carbons (Fsp3) is 0.450. The van der Waals surface area contributed by atoms with Crippen molar-refractivity contribution in [2.45, 2.75) is 25.7 Å². The molecule has 7 heteroatoms. The number of carbonyl (C=O) groups is 1. The lowest BCUT2D eigenvalue weighted by atomic mass is 9.83. The van der Waals surface area contributed by atoms with Crippen LogP contribution in [0.2, 0.25) is 0 Å². The molecule has 0 aromatic heterocycles. The van der Waals surface area contributed by atoms with Crippen molar-refractivity contribution >= 4 is 33.2 Å². The maximum Gasteiger partial charge on any atom is 0.303 e. The minimum atomic E-state index is -1.58. The van der Waals surface area contributed by atoms with Crippen LogP contribution in [0.3, 0.4) is 0 Å². The van der Waals surface area contributed by atoms with E-state index >= 15 is 0 Å². The summed E-state index contributed by atoms with van der Waals surface area (Å²) in [4.78, 5) is 10.6. The third kappa shape index (κ3) is 5.77. The number of hydrogen-bond acceptors (Lipinski definition) is 3. The van der Waals surface area contributed by atoms with Gasteiger partial charge >= 0.3 is 5.97 Å². The van der Waals surface area contributed by atoms with Crippen molar-refractivity contribution in [3.05, 3.63) is 53.0 Å². The second kappa shape index (κ2) is 9.66. The smallest absolute Gasteiger partial charge is 0.303 e. The molecule has 0 heterocycles. The van der Waals surface area contributed by atoms with Gasteiger partial charge in [0.05, 0.1) is 0 Å². The Morgan fingerprint density at radius 3 is 2.78 bits per heavy atom. The zero-order chi connectivity index (χ0) is 19.2. The first-order chi connectivity index (χ1) is 13.0. The molecule has 5 nitrogen and oxygen atoms in total. The third-order valence-corrected chi connectivity index (χ3v) is 6.51. The first-order valence-electron chi connectivity index (χ1n) is 9.19. The van der Waals surface area contributed by atoms with Gasteiger partial charge in [-0.1, -0.05) is 40.2 Å². The predicted molar refractivity (Wildman–Crippen MR) is 109 cm³/mol. The zero-order valence-corrected chi connectivity index (χ0v) is 17.3. The first kappa shape index (κ1) is 20.3. The van der Waals surface area contributed by atoms with E-state index in [9.17, 15) is 9.00 Å². The maximum absolute atomic E-state index is 12.2. The van der Waals surface area contributed by atoms with Crippen molar-refractivity contribution in [2.24, 2.45) is 23.7 Å². The molecule has 2 N–H and O–H groups in total. The number of allylic oxidation sites excluding steroid dienone is 4. The number of hydrogen-bond donors (Lipinski definition) is 2. The van der Waals surface area contributed by atoms with E-state index < -0.39 is 17.2 Å². The van der Waals surface area contributed by atoms with E-state index in [-0.39, 0.29) is 6.42 Å². The zero-order valence-electron chi connectivity index (χ0n) is 14.9. The molecule has 1 aromatic carbocycles. The number of benzene rings is 1. The van der Waals surface area contributed by atoms with Crippen LogP contribution in [0.1, 0.15) is 25.7 Å². The van der Waals surface area contributed by atoms with Gasteiger partial charge in [-0.3, -0.25) is 4.79 Å². The van der Waals surface area contributed by atoms with Crippen LogP contribution >= 0.6 is 15.9 Å². The lowest BCUT2D eigenvalue weighted by Crippen LogP contribution is -2.33. The number of carboxylic acids is 1. The van der Waals surface area contributed by atoms with E-state index in [1.807, 2.05) is 12.1 Å². The normalized spacial score (nSPS) is 27.3. The highest BCUT2D eigenvalue weighted by Gasteiger charge is 2.42. The van der Waals surface area contributed by atoms with E-state index in [0.29, 0.717) is 42.4 Å². The summed E-state index contributed by atoms with van der Waals surface area (Å²) in [5.41, 5.74) is 0. The van der Waals surface area contributed by atoms with Crippen LogP contribution in [-0.4, -0.2) is 21.8 Å². The fourth-order valence-electron chi connectivity index (χ4n) is 3.93. The summed E-state index contributed by atoms with van der Waals surface area (Å²) in [6.45, 7) is 0.624. The standard InChI is InChI=1S/C20H24BrNO4S/c21-16-8-10-17(11-9-16)26-27(25)22-13-19-15-7-6-14(12-15)18(19)4-2-1-3-5-20(23)24/h2,4,6-11,14-15,18-19,22H,1,3,5,12-13H2,(H,23,24)/t14-,15+,18+,19?,27?/m0/s1. The van der Waals surface area contributed by atoms with Gasteiger partial charge in [-0.05, 0) is 67.2 Å². The first-order valence-corrected chi connectivity index (χ1v) is 11.1. The minimum absolute atomic E-state index is 0.207. The molecule has 5 atom stereocenters. The van der Waals surface area contributed by atoms with Gasteiger partial charge in [-0.2, -0.15) is 4.21 Å². The van der Waals surface area contributed by atoms with Crippen LogP contribution < -0.4 is 8.91 Å². The Hall–Kier alpha value is -1.44. The number of rotatable bonds is 10. The highest BCUT2D eigenvalue weighted by molar-refractivity contribution is 9.10. The lowest BCUT2D eigenvalue weighted by molar-refractivity contribution is -0.137. The SMILES string of the molecule is O=C(O)CCCC=C[C@H]1C(CNS(=O)Oc2ccc(Br)cc2)[C@@H]2C=C[C@H]1C2. The van der Waals surface area contributed by atoms with Gasteiger partial charge in [0.2, 0.25) is 0 Å². The van der Waals surface area contributed by atoms with Gasteiger partial charge in [0, 0.05) is 17.4 Å². The Balaban J connectivity index is 1.49. The number of nitrogens with one attached hydrogen (secondary N) is 1. The van der Waals surface area contributed by atoms with Gasteiger partial charge in [0.15, 0.2) is 0 Å². The lowest BCUT2D eigenvalue weighted by Gasteiger charge is -2.25. The van der Waals surface area contributed by atoms with Crippen LogP contribution in [0.4, 0.5) is 0 Å². The molecular weight excluding hydrogens is 430 g/mol. The monoisotopic (exact) mass is 453 g/mol. The molecule has 3 rings (SSSR count). The molecule has 27 heavy (non-hydrogen) atoms. The minimum Gasteiger partial charge on any atom is -0.481 e. The van der Waals surface area contributed by atoms with Crippen LogP contribution in [0.5, 0.6) is 5.75 Å². The molecule has 146 valence electrons. The second-order valence-electron chi connectivity index (χ2n) is 7.02. The average Bonchev–Trinajstić information content (AvgIpc) is 3.23. The number of unbranched alkanes of at least 4 members (excludes halogenated alkanes) is 1. The molecule has 2 aliphatic carbocycles. The molecular formula is C20H24BrNO4S. The molecule has 0 aliphatic heterocycles. The Bertz CT molecular complexity index is 734. The van der Waals surface area contributed by atoms with Crippen molar-refractivity contribution in [1.29, 1.82) is 0 Å². The Labute approximate surface area is 170 Å². The van der Waals surface area contributed by atoms with Crippen LogP contribution in [0, 0.1) is 23.7 Å². The van der Waals surface area contributed by atoms with Crippen molar-refractivity contribution in [3.8, 4) is 5.75 Å². The summed E-state index contributed by atoms with van der Waals surface area (Å²) >= 11 is 1.78. The quantitative estimate of drug-likeness (QED) is 0.410. The van der Waals surface area contributed by atoms with Crippen molar-refractivity contribution in [1.82, 2.24) is 4.72 Å². The highest BCUT2D eigenvalue weighted by atomic mass is 79.9. The maximum atomic E-state index is 12.2. The van der Waals surface area contributed by atoms with E-state index in [1.165, 1.54) is 0 Å². The summed E-state index contributed by atoms with van der Waals surface area (Å²) in [5, 5.41) is 8.71. The number of aliphatic carboxylic acids is 1. The van der Waals surface area contributed by atoms with Gasteiger partial charge in [-0.25, -0.2) is 4.72 Å². The summed E-state index contributed by atoms with van der Waals surface area (Å²) in [5.74, 6) is 1.63. The molecule has 2 unspecified atom stereocenters. The largest absolute Gasteiger partial charge is 0.481 e. The number of carboxylic acid groups (broad SMARTS) is 1. The van der Waals surface area contributed by atoms with Gasteiger partial charge < -0.3 is 9.29 Å². The van der Waals surface area contributed by atoms with Crippen LogP contribution in [-0.2, 0) is 16.1 Å². The molecule has 1 fully saturated rings.